The standard InChI is InChI=1S/C10H11NO2S/c1-10(7-3-2-4-14-7)5-8(12)11-9(13)6-10/h2-4H,5-6H2,1H3,(H,11,12,13). The zero-order valence-electron chi connectivity index (χ0n) is 7.87. The summed E-state index contributed by atoms with van der Waals surface area (Å²) in [5, 5.41) is 4.29. The largest absolute Gasteiger partial charge is 0.296 e. The molecule has 0 atom stereocenters. The molecule has 3 nitrogen and oxygen atoms in total. The first kappa shape index (κ1) is 9.40. The van der Waals surface area contributed by atoms with E-state index in [0.717, 1.165) is 4.88 Å². The minimum Gasteiger partial charge on any atom is -0.296 e. The van der Waals surface area contributed by atoms with Crippen LogP contribution < -0.4 is 5.32 Å². The predicted octanol–water partition coefficient (Wildman–Crippen LogP) is 1.44. The number of rotatable bonds is 1. The van der Waals surface area contributed by atoms with Crippen LogP contribution in [-0.4, -0.2) is 11.8 Å². The topological polar surface area (TPSA) is 46.2 Å². The van der Waals surface area contributed by atoms with Crippen molar-refractivity contribution in [3.05, 3.63) is 22.4 Å². The number of nitrogens with one attached hydrogen (secondary N) is 1. The fourth-order valence-corrected chi connectivity index (χ4v) is 2.70. The van der Waals surface area contributed by atoms with Crippen LogP contribution in [0.5, 0.6) is 0 Å². The third kappa shape index (κ3) is 1.57. The van der Waals surface area contributed by atoms with Gasteiger partial charge in [-0.1, -0.05) is 13.0 Å². The van der Waals surface area contributed by atoms with Gasteiger partial charge in [0.15, 0.2) is 0 Å². The highest BCUT2D eigenvalue weighted by molar-refractivity contribution is 7.10. The summed E-state index contributed by atoms with van der Waals surface area (Å²) >= 11 is 1.60. The maximum atomic E-state index is 11.3. The van der Waals surface area contributed by atoms with E-state index in [1.54, 1.807) is 11.3 Å². The Morgan fingerprint density at radius 3 is 2.50 bits per heavy atom. The van der Waals surface area contributed by atoms with Gasteiger partial charge in [0.05, 0.1) is 0 Å². The van der Waals surface area contributed by atoms with Gasteiger partial charge in [-0.15, -0.1) is 11.3 Å². The van der Waals surface area contributed by atoms with Gasteiger partial charge < -0.3 is 0 Å². The molecule has 2 amide bonds. The highest BCUT2D eigenvalue weighted by Gasteiger charge is 2.37. The Morgan fingerprint density at radius 1 is 1.36 bits per heavy atom. The Morgan fingerprint density at radius 2 is 2.00 bits per heavy atom. The lowest BCUT2D eigenvalue weighted by atomic mass is 9.79. The molecule has 1 aliphatic rings. The van der Waals surface area contributed by atoms with Gasteiger partial charge in [-0.25, -0.2) is 0 Å². The Balaban J connectivity index is 2.31. The lowest BCUT2D eigenvalue weighted by molar-refractivity contribution is -0.135. The summed E-state index contributed by atoms with van der Waals surface area (Å²) in [7, 11) is 0. The van der Waals surface area contributed by atoms with E-state index >= 15 is 0 Å². The van der Waals surface area contributed by atoms with E-state index in [0.29, 0.717) is 12.8 Å². The molecule has 1 saturated heterocycles. The number of imide groups is 1. The van der Waals surface area contributed by atoms with Crippen LogP contribution in [0.15, 0.2) is 17.5 Å². The second kappa shape index (κ2) is 3.20. The lowest BCUT2D eigenvalue weighted by Crippen LogP contribution is -2.45. The number of hydrogen-bond donors (Lipinski definition) is 1. The smallest absolute Gasteiger partial charge is 0.227 e. The number of carbonyl (C=O) groups excluding carboxylic acids is 2. The first-order valence-corrected chi connectivity index (χ1v) is 5.35. The van der Waals surface area contributed by atoms with Crippen LogP contribution in [0, 0.1) is 0 Å². The fraction of sp³-hybridized carbons (Fsp3) is 0.400. The third-order valence-corrected chi connectivity index (χ3v) is 3.67. The quantitative estimate of drug-likeness (QED) is 0.711. The zero-order valence-corrected chi connectivity index (χ0v) is 8.69. The average Bonchev–Trinajstić information content (AvgIpc) is 2.52. The van der Waals surface area contributed by atoms with E-state index in [2.05, 4.69) is 5.32 Å². The molecular weight excluding hydrogens is 198 g/mol. The van der Waals surface area contributed by atoms with Gasteiger partial charge in [0.2, 0.25) is 11.8 Å². The second-order valence-electron chi connectivity index (χ2n) is 3.86. The lowest BCUT2D eigenvalue weighted by Gasteiger charge is -2.30. The second-order valence-corrected chi connectivity index (χ2v) is 4.81. The fourth-order valence-electron chi connectivity index (χ4n) is 1.81. The Labute approximate surface area is 86.1 Å². The van der Waals surface area contributed by atoms with Crippen molar-refractivity contribution in [3.63, 3.8) is 0 Å². The summed E-state index contributed by atoms with van der Waals surface area (Å²) in [5.74, 6) is -0.339. The van der Waals surface area contributed by atoms with Gasteiger partial charge in [0, 0.05) is 23.1 Å². The van der Waals surface area contributed by atoms with E-state index < -0.39 is 0 Å². The molecule has 2 rings (SSSR count). The minimum absolute atomic E-state index is 0.169. The number of hydrogen-bond acceptors (Lipinski definition) is 3. The van der Waals surface area contributed by atoms with Crippen molar-refractivity contribution in [1.82, 2.24) is 5.32 Å². The van der Waals surface area contributed by atoms with Crippen LogP contribution in [-0.2, 0) is 15.0 Å². The normalized spacial score (nSPS) is 20.6. The monoisotopic (exact) mass is 209 g/mol. The van der Waals surface area contributed by atoms with Crippen LogP contribution in [0.4, 0.5) is 0 Å². The van der Waals surface area contributed by atoms with Crippen LogP contribution in [0.2, 0.25) is 0 Å². The highest BCUT2D eigenvalue weighted by Crippen LogP contribution is 2.36. The van der Waals surface area contributed by atoms with E-state index in [9.17, 15) is 9.59 Å². The molecule has 14 heavy (non-hydrogen) atoms. The molecule has 1 aliphatic heterocycles. The van der Waals surface area contributed by atoms with Crippen LogP contribution in [0.1, 0.15) is 24.6 Å². The van der Waals surface area contributed by atoms with E-state index in [-0.39, 0.29) is 17.2 Å². The molecular formula is C10H11NO2S. The predicted molar refractivity (Wildman–Crippen MR) is 54.1 cm³/mol. The van der Waals surface area contributed by atoms with Crippen LogP contribution >= 0.6 is 11.3 Å². The molecule has 2 heterocycles. The SMILES string of the molecule is CC1(c2cccs2)CC(=O)NC(=O)C1. The molecule has 1 aromatic rings. The summed E-state index contributed by atoms with van der Waals surface area (Å²) in [5.41, 5.74) is -0.298. The molecule has 0 bridgehead atoms. The van der Waals surface area contributed by atoms with Crippen LogP contribution in [0.3, 0.4) is 0 Å². The molecule has 0 aromatic carbocycles. The number of piperidine rings is 1. The number of amides is 2. The highest BCUT2D eigenvalue weighted by atomic mass is 32.1. The molecule has 0 aliphatic carbocycles. The molecule has 4 heteroatoms. The maximum absolute atomic E-state index is 11.3. The van der Waals surface area contributed by atoms with Crippen molar-refractivity contribution >= 4 is 23.2 Å². The van der Waals surface area contributed by atoms with Crippen molar-refractivity contribution < 1.29 is 9.59 Å². The number of carbonyl (C=O) groups is 2. The molecule has 0 radical (unpaired) electrons. The molecule has 1 N–H and O–H groups in total. The average molecular weight is 209 g/mol. The Kier molecular flexibility index (Phi) is 2.15. The first-order valence-electron chi connectivity index (χ1n) is 4.47. The van der Waals surface area contributed by atoms with Crippen molar-refractivity contribution in [1.29, 1.82) is 0 Å². The van der Waals surface area contributed by atoms with Gasteiger partial charge in [0.1, 0.15) is 0 Å². The molecule has 1 aromatic heterocycles. The molecule has 0 unspecified atom stereocenters. The van der Waals surface area contributed by atoms with Crippen LogP contribution in [0.25, 0.3) is 0 Å². The molecule has 74 valence electrons. The third-order valence-electron chi connectivity index (χ3n) is 2.50. The number of thiophene rings is 1. The van der Waals surface area contributed by atoms with Gasteiger partial charge in [-0.05, 0) is 11.4 Å². The molecule has 0 spiro atoms. The molecule has 1 fully saturated rings. The zero-order chi connectivity index (χ0) is 10.2. The Bertz CT molecular complexity index is 353. The van der Waals surface area contributed by atoms with Gasteiger partial charge >= 0.3 is 0 Å². The van der Waals surface area contributed by atoms with Crippen molar-refractivity contribution in [3.8, 4) is 0 Å². The maximum Gasteiger partial charge on any atom is 0.227 e. The Hall–Kier alpha value is -1.16. The van der Waals surface area contributed by atoms with Crippen molar-refractivity contribution in [2.45, 2.75) is 25.2 Å². The summed E-state index contributed by atoms with van der Waals surface area (Å²) in [6, 6.07) is 3.93. The molecule has 0 saturated carbocycles. The first-order chi connectivity index (χ1) is 6.60. The van der Waals surface area contributed by atoms with E-state index in [4.69, 9.17) is 0 Å². The minimum atomic E-state index is -0.298. The van der Waals surface area contributed by atoms with E-state index in [1.807, 2.05) is 24.4 Å². The summed E-state index contributed by atoms with van der Waals surface area (Å²) in [6.07, 6.45) is 0.804. The van der Waals surface area contributed by atoms with Crippen molar-refractivity contribution in [2.24, 2.45) is 0 Å². The van der Waals surface area contributed by atoms with E-state index in [1.165, 1.54) is 0 Å². The van der Waals surface area contributed by atoms with Gasteiger partial charge in [-0.3, -0.25) is 14.9 Å². The van der Waals surface area contributed by atoms with Crippen molar-refractivity contribution in [2.75, 3.05) is 0 Å². The van der Waals surface area contributed by atoms with Gasteiger partial charge in [-0.2, -0.15) is 0 Å². The van der Waals surface area contributed by atoms with Gasteiger partial charge in [0.25, 0.3) is 0 Å². The summed E-state index contributed by atoms with van der Waals surface area (Å²) in [4.78, 5) is 23.6. The summed E-state index contributed by atoms with van der Waals surface area (Å²) < 4.78 is 0. The summed E-state index contributed by atoms with van der Waals surface area (Å²) in [6.45, 7) is 1.97.